The molecule has 0 aromatic heterocycles. The van der Waals surface area contributed by atoms with E-state index in [9.17, 15) is 33.7 Å². The van der Waals surface area contributed by atoms with Gasteiger partial charge in [-0.2, -0.15) is 5.26 Å². The van der Waals surface area contributed by atoms with E-state index in [-0.39, 0.29) is 31.6 Å². The number of alkyl halides is 2. The van der Waals surface area contributed by atoms with Gasteiger partial charge in [-0.05, 0) is 61.9 Å². The molecule has 224 valence electrons. The summed E-state index contributed by atoms with van der Waals surface area (Å²) < 4.78 is 33.1. The van der Waals surface area contributed by atoms with E-state index in [0.29, 0.717) is 19.4 Å². The summed E-state index contributed by atoms with van der Waals surface area (Å²) in [6, 6.07) is 14.8. The maximum Gasteiger partial charge on any atom is 0.475 e. The maximum absolute atomic E-state index is 13.8. The summed E-state index contributed by atoms with van der Waals surface area (Å²) in [6.07, 6.45) is 2.49. The molecule has 0 spiro atoms. The van der Waals surface area contributed by atoms with Gasteiger partial charge in [0.25, 0.3) is 11.8 Å². The predicted octanol–water partition coefficient (Wildman–Crippen LogP) is 3.44. The Bertz CT molecular complexity index is 1360. The van der Waals surface area contributed by atoms with Gasteiger partial charge < -0.3 is 25.0 Å². The molecule has 2 aliphatic rings. The molecule has 2 aromatic rings. The Balaban J connectivity index is 1.39. The van der Waals surface area contributed by atoms with E-state index < -0.39 is 49.1 Å². The first-order valence-corrected chi connectivity index (χ1v) is 14.2. The number of benzene rings is 2. The number of carbonyl (C=O) groups is 2. The van der Waals surface area contributed by atoms with Gasteiger partial charge in [-0.25, -0.2) is 13.6 Å². The van der Waals surface area contributed by atoms with Gasteiger partial charge >= 0.3 is 13.2 Å². The third-order valence-corrected chi connectivity index (χ3v) is 8.11. The lowest BCUT2D eigenvalue weighted by atomic mass is 9.75. The minimum atomic E-state index is -2.81. The zero-order valence-corrected chi connectivity index (χ0v) is 23.9. The Morgan fingerprint density at radius 2 is 1.95 bits per heavy atom. The zero-order valence-electron chi connectivity index (χ0n) is 23.9. The molecule has 9 nitrogen and oxygen atoms in total. The molecule has 2 atom stereocenters. The lowest BCUT2D eigenvalue weighted by Gasteiger charge is -2.36. The standard InChI is InChI=1S/C30H37BF2N4O5/c1-29(2,36-15-13-30(32,33)20-36)17-23(18-34)27(38)37-14-6-5-11-24(37)19-42-28(39)35-26(31(40)41)16-22-10-7-9-21-8-3-4-12-25(21)22/h3-4,7-10,12,17,24,26,40-41H,5-6,11,13-16,19-20H2,1-2H3,(H,35,39)/t24-,26?/m1/s1. The molecule has 42 heavy (non-hydrogen) atoms. The topological polar surface area (TPSA) is 126 Å². The van der Waals surface area contributed by atoms with E-state index >= 15 is 0 Å². The number of fused-ring (bicyclic) bond motifs is 1. The van der Waals surface area contributed by atoms with Crippen LogP contribution in [0.3, 0.4) is 0 Å². The van der Waals surface area contributed by atoms with Gasteiger partial charge in [0.1, 0.15) is 18.2 Å². The van der Waals surface area contributed by atoms with Crippen LogP contribution in [-0.4, -0.2) is 88.7 Å². The molecule has 0 saturated carbocycles. The summed E-state index contributed by atoms with van der Waals surface area (Å²) in [5, 5.41) is 34.2. The highest BCUT2D eigenvalue weighted by Crippen LogP contribution is 2.33. The number of amides is 2. The first kappa shape index (κ1) is 31.4. The summed E-state index contributed by atoms with van der Waals surface area (Å²) in [4.78, 5) is 29.2. The monoisotopic (exact) mass is 582 g/mol. The Labute approximate surface area is 244 Å². The van der Waals surface area contributed by atoms with Crippen molar-refractivity contribution in [3.05, 3.63) is 59.7 Å². The van der Waals surface area contributed by atoms with Crippen LogP contribution in [-0.2, 0) is 16.0 Å². The number of hydrogen-bond acceptors (Lipinski definition) is 7. The van der Waals surface area contributed by atoms with Crippen molar-refractivity contribution in [1.82, 2.24) is 15.1 Å². The Morgan fingerprint density at radius 3 is 2.64 bits per heavy atom. The van der Waals surface area contributed by atoms with Gasteiger partial charge in [0.2, 0.25) is 0 Å². The minimum Gasteiger partial charge on any atom is -0.447 e. The van der Waals surface area contributed by atoms with E-state index in [4.69, 9.17) is 4.74 Å². The van der Waals surface area contributed by atoms with Crippen LogP contribution in [0.4, 0.5) is 13.6 Å². The molecular weight excluding hydrogens is 545 g/mol. The third kappa shape index (κ3) is 7.65. The van der Waals surface area contributed by atoms with Gasteiger partial charge in [-0.1, -0.05) is 42.5 Å². The molecule has 0 aliphatic carbocycles. The van der Waals surface area contributed by atoms with Gasteiger partial charge in [-0.15, -0.1) is 0 Å². The van der Waals surface area contributed by atoms with Crippen molar-refractivity contribution in [2.45, 2.75) is 69.4 Å². The van der Waals surface area contributed by atoms with Crippen LogP contribution >= 0.6 is 0 Å². The average molecular weight is 582 g/mol. The number of rotatable bonds is 9. The SMILES string of the molecule is CC(C)(C=C(C#N)C(=O)N1CCCC[C@@H]1COC(=O)NC(Cc1cccc2ccccc12)B(O)O)N1CCC(F)(F)C1. The molecule has 12 heteroatoms. The smallest absolute Gasteiger partial charge is 0.447 e. The number of halogens is 2. The van der Waals surface area contributed by atoms with Crippen LogP contribution in [0.2, 0.25) is 0 Å². The Hall–Kier alpha value is -3.53. The van der Waals surface area contributed by atoms with Crippen molar-refractivity contribution < 1.29 is 33.2 Å². The summed E-state index contributed by atoms with van der Waals surface area (Å²) in [5.41, 5.74) is -0.260. The van der Waals surface area contributed by atoms with E-state index in [1.165, 1.54) is 11.0 Å². The van der Waals surface area contributed by atoms with Gasteiger partial charge in [0, 0.05) is 25.0 Å². The van der Waals surface area contributed by atoms with Crippen molar-refractivity contribution in [1.29, 1.82) is 5.26 Å². The summed E-state index contributed by atoms with van der Waals surface area (Å²) in [7, 11) is -1.84. The van der Waals surface area contributed by atoms with E-state index in [1.807, 2.05) is 48.5 Å². The van der Waals surface area contributed by atoms with Crippen LogP contribution in [0, 0.1) is 11.3 Å². The van der Waals surface area contributed by atoms with Crippen LogP contribution in [0.25, 0.3) is 10.8 Å². The minimum absolute atomic E-state index is 0.148. The fraction of sp³-hybridized carbons (Fsp3) is 0.500. The molecule has 4 rings (SSSR count). The number of nitriles is 1. The molecule has 2 heterocycles. The number of alkyl carbamates (subject to hydrolysis) is 1. The molecule has 3 N–H and O–H groups in total. The summed E-state index contributed by atoms with van der Waals surface area (Å²) >= 11 is 0. The van der Waals surface area contributed by atoms with Gasteiger partial charge in [0.15, 0.2) is 0 Å². The van der Waals surface area contributed by atoms with Crippen LogP contribution in [0.1, 0.15) is 45.1 Å². The fourth-order valence-corrected chi connectivity index (χ4v) is 5.71. The summed E-state index contributed by atoms with van der Waals surface area (Å²) in [6.45, 7) is 3.32. The van der Waals surface area contributed by atoms with E-state index in [0.717, 1.165) is 22.8 Å². The van der Waals surface area contributed by atoms with Crippen molar-refractivity contribution in [2.24, 2.45) is 0 Å². The molecule has 2 aromatic carbocycles. The second-order valence-electron chi connectivity index (χ2n) is 11.6. The number of carbonyl (C=O) groups excluding carboxylic acids is 2. The van der Waals surface area contributed by atoms with Gasteiger partial charge in [0.05, 0.1) is 18.5 Å². The lowest BCUT2D eigenvalue weighted by molar-refractivity contribution is -0.131. The van der Waals surface area contributed by atoms with Crippen molar-refractivity contribution in [2.75, 3.05) is 26.2 Å². The summed E-state index contributed by atoms with van der Waals surface area (Å²) in [5.74, 6) is -4.39. The largest absolute Gasteiger partial charge is 0.475 e. The van der Waals surface area contributed by atoms with Crippen LogP contribution in [0.5, 0.6) is 0 Å². The van der Waals surface area contributed by atoms with E-state index in [2.05, 4.69) is 5.32 Å². The highest BCUT2D eigenvalue weighted by Gasteiger charge is 2.43. The highest BCUT2D eigenvalue weighted by atomic mass is 19.3. The van der Waals surface area contributed by atoms with Gasteiger partial charge in [-0.3, -0.25) is 9.69 Å². The zero-order chi connectivity index (χ0) is 30.5. The quantitative estimate of drug-likeness (QED) is 0.235. The highest BCUT2D eigenvalue weighted by molar-refractivity contribution is 6.43. The molecule has 0 radical (unpaired) electrons. The number of nitrogens with zero attached hydrogens (tertiary/aromatic N) is 3. The molecule has 2 saturated heterocycles. The normalized spacial score (nSPS) is 20.2. The van der Waals surface area contributed by atoms with Crippen LogP contribution in [0.15, 0.2) is 54.1 Å². The number of likely N-dealkylation sites (tertiary alicyclic amines) is 2. The molecule has 2 fully saturated rings. The first-order chi connectivity index (χ1) is 19.9. The molecule has 0 bridgehead atoms. The third-order valence-electron chi connectivity index (χ3n) is 8.11. The molecular formula is C30H37BF2N4O5. The van der Waals surface area contributed by atoms with Crippen molar-refractivity contribution in [3.8, 4) is 6.07 Å². The predicted molar refractivity (Wildman–Crippen MR) is 154 cm³/mol. The Kier molecular flexibility index (Phi) is 9.87. The van der Waals surface area contributed by atoms with Crippen molar-refractivity contribution in [3.63, 3.8) is 0 Å². The fourth-order valence-electron chi connectivity index (χ4n) is 5.71. The molecule has 2 amide bonds. The second kappa shape index (κ2) is 13.2. The number of nitrogens with one attached hydrogen (secondary N) is 1. The second-order valence-corrected chi connectivity index (χ2v) is 11.6. The first-order valence-electron chi connectivity index (χ1n) is 14.2. The molecule has 2 aliphatic heterocycles. The maximum atomic E-state index is 13.8. The number of piperidine rings is 1. The molecule has 1 unspecified atom stereocenters. The number of ether oxygens (including phenoxy) is 1. The number of hydrogen-bond donors (Lipinski definition) is 3. The Morgan fingerprint density at radius 1 is 1.21 bits per heavy atom. The lowest BCUT2D eigenvalue weighted by Crippen LogP contribution is -2.50. The van der Waals surface area contributed by atoms with Crippen LogP contribution < -0.4 is 5.32 Å². The van der Waals surface area contributed by atoms with Crippen molar-refractivity contribution >= 4 is 29.9 Å². The van der Waals surface area contributed by atoms with E-state index in [1.54, 1.807) is 18.7 Å². The average Bonchev–Trinajstić information content (AvgIpc) is 3.34.